The normalized spacial score (nSPS) is 11.9. The second-order valence-electron chi connectivity index (χ2n) is 14.4. The maximum Gasteiger partial charge on any atom is 0.124 e. The van der Waals surface area contributed by atoms with Crippen molar-refractivity contribution in [2.45, 2.75) is 13.8 Å². The van der Waals surface area contributed by atoms with Gasteiger partial charge in [-0.1, -0.05) is 109 Å². The number of thiazole rings is 2. The van der Waals surface area contributed by atoms with Crippen molar-refractivity contribution >= 4 is 86.2 Å². The first kappa shape index (κ1) is 31.3. The minimum absolute atomic E-state index is 1.05. The second kappa shape index (κ2) is 12.2. The van der Waals surface area contributed by atoms with E-state index in [1.807, 2.05) is 0 Å². The van der Waals surface area contributed by atoms with Crippen molar-refractivity contribution in [2.24, 2.45) is 0 Å². The lowest BCUT2D eigenvalue weighted by molar-refractivity contribution is 1.45. The molecule has 2 nitrogen and oxygen atoms in total. The van der Waals surface area contributed by atoms with E-state index in [-0.39, 0.29) is 0 Å². The molecule has 0 spiro atoms. The summed E-state index contributed by atoms with van der Waals surface area (Å²) < 4.78 is 2.45. The Bertz CT molecular complexity index is 2960. The molecule has 0 atom stereocenters. The standard InChI is InChI=1S/C50H32N2S2/c1-29-11-21-43-45(23-29)53-49(51-43)33-17-13-31(14-18-33)47-39-25-35-7-3-5-9-37(35)27-41(39)48(42-28-38-10-6-4-8-36(38)26-40(42)47)32-15-19-34(20-16-32)50-52-44-22-12-30(2)24-46(44)54-50/h3-28H,1-2H3. The molecule has 11 aromatic rings. The van der Waals surface area contributed by atoms with Crippen molar-refractivity contribution in [1.82, 2.24) is 9.97 Å². The average molecular weight is 725 g/mol. The number of hydrogen-bond donors (Lipinski definition) is 0. The molecule has 2 aromatic heterocycles. The van der Waals surface area contributed by atoms with E-state index in [4.69, 9.17) is 9.97 Å². The van der Waals surface area contributed by atoms with E-state index in [0.29, 0.717) is 0 Å². The first-order valence-corrected chi connectivity index (χ1v) is 19.9. The molecule has 0 aliphatic carbocycles. The van der Waals surface area contributed by atoms with Gasteiger partial charge in [0.05, 0.1) is 20.4 Å². The topological polar surface area (TPSA) is 25.8 Å². The van der Waals surface area contributed by atoms with Gasteiger partial charge >= 0.3 is 0 Å². The van der Waals surface area contributed by atoms with Gasteiger partial charge in [0.15, 0.2) is 0 Å². The summed E-state index contributed by atoms with van der Waals surface area (Å²) in [4.78, 5) is 9.99. The van der Waals surface area contributed by atoms with Gasteiger partial charge in [-0.05, 0) is 139 Å². The Morgan fingerprint density at radius 3 is 1.04 bits per heavy atom. The summed E-state index contributed by atoms with van der Waals surface area (Å²) in [5.41, 5.74) is 11.8. The average Bonchev–Trinajstić information content (AvgIpc) is 3.83. The van der Waals surface area contributed by atoms with Crippen LogP contribution in [0.4, 0.5) is 0 Å². The first-order chi connectivity index (χ1) is 26.5. The van der Waals surface area contributed by atoms with Crippen molar-refractivity contribution in [3.8, 4) is 43.4 Å². The summed E-state index contributed by atoms with van der Waals surface area (Å²) in [6.45, 7) is 4.28. The predicted molar refractivity (Wildman–Crippen MR) is 234 cm³/mol. The third-order valence-electron chi connectivity index (χ3n) is 10.8. The Balaban J connectivity index is 1.15. The molecule has 0 saturated carbocycles. The molecule has 11 rings (SSSR count). The smallest absolute Gasteiger partial charge is 0.124 e. The lowest BCUT2D eigenvalue weighted by Crippen LogP contribution is -1.92. The maximum absolute atomic E-state index is 4.99. The lowest BCUT2D eigenvalue weighted by Gasteiger charge is -2.20. The van der Waals surface area contributed by atoms with Crippen LogP contribution in [0, 0.1) is 13.8 Å². The van der Waals surface area contributed by atoms with Gasteiger partial charge in [-0.25, -0.2) is 9.97 Å². The van der Waals surface area contributed by atoms with Gasteiger partial charge in [-0.3, -0.25) is 0 Å². The molecule has 0 aliphatic heterocycles. The molecule has 0 N–H and O–H groups in total. The molecular weight excluding hydrogens is 693 g/mol. The highest BCUT2D eigenvalue weighted by Crippen LogP contribution is 2.47. The lowest BCUT2D eigenvalue weighted by atomic mass is 9.83. The Morgan fingerprint density at radius 2 is 0.685 bits per heavy atom. The van der Waals surface area contributed by atoms with E-state index in [1.54, 1.807) is 22.7 Å². The summed E-state index contributed by atoms with van der Waals surface area (Å²) in [6.07, 6.45) is 0. The van der Waals surface area contributed by atoms with Crippen LogP contribution >= 0.6 is 22.7 Å². The molecule has 254 valence electrons. The van der Waals surface area contributed by atoms with Crippen molar-refractivity contribution in [2.75, 3.05) is 0 Å². The molecule has 9 aromatic carbocycles. The minimum Gasteiger partial charge on any atom is -0.236 e. The van der Waals surface area contributed by atoms with Crippen molar-refractivity contribution < 1.29 is 0 Å². The van der Waals surface area contributed by atoms with E-state index in [1.165, 1.54) is 85.9 Å². The molecule has 0 amide bonds. The number of rotatable bonds is 4. The van der Waals surface area contributed by atoms with E-state index in [0.717, 1.165) is 32.2 Å². The van der Waals surface area contributed by atoms with Gasteiger partial charge in [0.1, 0.15) is 10.0 Å². The Hall–Kier alpha value is -6.20. The molecule has 0 radical (unpaired) electrons. The van der Waals surface area contributed by atoms with Gasteiger partial charge in [0.25, 0.3) is 0 Å². The number of aryl methyl sites for hydroxylation is 2. The Labute approximate surface area is 320 Å². The second-order valence-corrected chi connectivity index (χ2v) is 16.4. The molecule has 0 aliphatic rings. The Morgan fingerprint density at radius 1 is 0.352 bits per heavy atom. The highest BCUT2D eigenvalue weighted by Gasteiger charge is 2.19. The van der Waals surface area contributed by atoms with Crippen LogP contribution in [0.25, 0.3) is 107 Å². The third-order valence-corrected chi connectivity index (χ3v) is 12.9. The molecule has 0 unspecified atom stereocenters. The summed E-state index contributed by atoms with van der Waals surface area (Å²) in [6, 6.07) is 58.2. The fraction of sp³-hybridized carbons (Fsp3) is 0.0400. The predicted octanol–water partition coefficient (Wildman–Crippen LogP) is 14.8. The van der Waals surface area contributed by atoms with Gasteiger partial charge in [-0.15, -0.1) is 22.7 Å². The quantitative estimate of drug-likeness (QED) is 0.169. The van der Waals surface area contributed by atoms with Crippen LogP contribution in [0.3, 0.4) is 0 Å². The van der Waals surface area contributed by atoms with E-state index < -0.39 is 0 Å². The summed E-state index contributed by atoms with van der Waals surface area (Å²) in [5, 5.41) is 12.0. The van der Waals surface area contributed by atoms with Gasteiger partial charge < -0.3 is 0 Å². The summed E-state index contributed by atoms with van der Waals surface area (Å²) >= 11 is 3.52. The SMILES string of the molecule is Cc1ccc2nc(-c3ccc(-c4c5cc6ccccc6cc5c(-c5ccc(-c6nc7ccc(C)cc7s6)cc5)c5cc6ccccc6cc45)cc3)sc2c1. The summed E-state index contributed by atoms with van der Waals surface area (Å²) in [7, 11) is 0. The van der Waals surface area contributed by atoms with Crippen LogP contribution in [-0.2, 0) is 0 Å². The van der Waals surface area contributed by atoms with Crippen LogP contribution in [0.5, 0.6) is 0 Å². The minimum atomic E-state index is 1.05. The molecule has 0 fully saturated rings. The zero-order chi connectivity index (χ0) is 35.9. The van der Waals surface area contributed by atoms with E-state index in [9.17, 15) is 0 Å². The highest BCUT2D eigenvalue weighted by atomic mass is 32.1. The fourth-order valence-electron chi connectivity index (χ4n) is 8.09. The van der Waals surface area contributed by atoms with Crippen LogP contribution in [0.1, 0.15) is 11.1 Å². The number of fused-ring (bicyclic) bond motifs is 6. The monoisotopic (exact) mass is 724 g/mol. The number of nitrogens with zero attached hydrogens (tertiary/aromatic N) is 2. The van der Waals surface area contributed by atoms with Crippen LogP contribution in [0.2, 0.25) is 0 Å². The zero-order valence-electron chi connectivity index (χ0n) is 29.7. The maximum atomic E-state index is 4.99. The third kappa shape index (κ3) is 5.13. The van der Waals surface area contributed by atoms with Crippen molar-refractivity contribution in [1.29, 1.82) is 0 Å². The molecule has 0 bridgehead atoms. The zero-order valence-corrected chi connectivity index (χ0v) is 31.4. The molecule has 2 heterocycles. The van der Waals surface area contributed by atoms with Crippen LogP contribution in [-0.4, -0.2) is 9.97 Å². The summed E-state index contributed by atoms with van der Waals surface area (Å²) in [5.74, 6) is 0. The van der Waals surface area contributed by atoms with Crippen LogP contribution in [0.15, 0.2) is 158 Å². The largest absolute Gasteiger partial charge is 0.236 e. The molecule has 54 heavy (non-hydrogen) atoms. The van der Waals surface area contributed by atoms with Gasteiger partial charge in [0.2, 0.25) is 0 Å². The van der Waals surface area contributed by atoms with Crippen LogP contribution < -0.4 is 0 Å². The van der Waals surface area contributed by atoms with Crippen molar-refractivity contribution in [3.63, 3.8) is 0 Å². The highest BCUT2D eigenvalue weighted by molar-refractivity contribution is 7.22. The molecule has 4 heteroatoms. The van der Waals surface area contributed by atoms with E-state index in [2.05, 4.69) is 172 Å². The molecule has 0 saturated heterocycles. The number of aromatic nitrogens is 2. The Kier molecular flexibility index (Phi) is 7.06. The fourth-order valence-corrected chi connectivity index (χ4v) is 10.2. The first-order valence-electron chi connectivity index (χ1n) is 18.3. The number of benzene rings is 9. The molecular formula is C50H32N2S2. The van der Waals surface area contributed by atoms with E-state index >= 15 is 0 Å². The number of hydrogen-bond acceptors (Lipinski definition) is 4. The van der Waals surface area contributed by atoms with Gasteiger partial charge in [0, 0.05) is 11.1 Å². The van der Waals surface area contributed by atoms with Gasteiger partial charge in [-0.2, -0.15) is 0 Å². The van der Waals surface area contributed by atoms with Crippen molar-refractivity contribution in [3.05, 3.63) is 169 Å².